The molecule has 84 valence electrons. The topological polar surface area (TPSA) is 51.2 Å². The number of ketones is 3. The normalized spacial score (nSPS) is 35.4. The number of Topliss-reactive ketones (excluding diaryl/α,β-unsaturated/α-hetero) is 3. The van der Waals surface area contributed by atoms with Crippen LogP contribution < -0.4 is 0 Å². The van der Waals surface area contributed by atoms with Crippen LogP contribution in [0.5, 0.6) is 0 Å². The van der Waals surface area contributed by atoms with E-state index < -0.39 is 39.4 Å². The van der Waals surface area contributed by atoms with Crippen LogP contribution in [0.1, 0.15) is 20.8 Å². The van der Waals surface area contributed by atoms with Gasteiger partial charge in [0, 0.05) is 5.41 Å². The summed E-state index contributed by atoms with van der Waals surface area (Å²) in [5.74, 6) is -2.83. The summed E-state index contributed by atoms with van der Waals surface area (Å²) in [6.07, 6.45) is 0. The van der Waals surface area contributed by atoms with Gasteiger partial charge in [0.15, 0.2) is 11.6 Å². The molecule has 2 unspecified atom stereocenters. The number of hydrogen-bond acceptors (Lipinski definition) is 3. The molecule has 1 fully saturated rings. The number of carbonyl (C=O) groups excluding carboxylic acids is 3. The van der Waals surface area contributed by atoms with Crippen molar-refractivity contribution in [2.45, 2.75) is 31.5 Å². The highest BCUT2D eigenvalue weighted by molar-refractivity contribution is 6.44. The molecular weight excluding hydrogens is 239 g/mol. The molecule has 1 aliphatic carbocycles. The second-order valence-corrected chi connectivity index (χ2v) is 5.27. The highest BCUT2D eigenvalue weighted by atomic mass is 35.5. The van der Waals surface area contributed by atoms with Crippen molar-refractivity contribution in [3.63, 3.8) is 0 Å². The zero-order valence-electron chi connectivity index (χ0n) is 8.71. The Labute approximate surface area is 98.1 Å². The minimum atomic E-state index is -1.27. The molecule has 0 aliphatic heterocycles. The molecule has 0 radical (unpaired) electrons. The Balaban J connectivity index is 3.17. The molecule has 1 saturated carbocycles. The van der Waals surface area contributed by atoms with Gasteiger partial charge in [0.2, 0.25) is 0 Å². The largest absolute Gasteiger partial charge is 0.299 e. The lowest BCUT2D eigenvalue weighted by Crippen LogP contribution is -2.56. The molecule has 1 aliphatic rings. The van der Waals surface area contributed by atoms with Crippen LogP contribution in [0.2, 0.25) is 0 Å². The van der Waals surface area contributed by atoms with Crippen molar-refractivity contribution in [2.24, 2.45) is 11.3 Å². The molecule has 0 N–H and O–H groups in total. The van der Waals surface area contributed by atoms with Crippen LogP contribution in [0.25, 0.3) is 0 Å². The molecule has 15 heavy (non-hydrogen) atoms. The van der Waals surface area contributed by atoms with Crippen molar-refractivity contribution in [1.82, 2.24) is 0 Å². The Morgan fingerprint density at radius 3 is 1.73 bits per heavy atom. The highest BCUT2D eigenvalue weighted by Crippen LogP contribution is 2.41. The lowest BCUT2D eigenvalue weighted by molar-refractivity contribution is -0.143. The van der Waals surface area contributed by atoms with Crippen molar-refractivity contribution < 1.29 is 14.4 Å². The number of alkyl halides is 2. The highest BCUT2D eigenvalue weighted by Gasteiger charge is 2.54. The first kappa shape index (κ1) is 12.7. The van der Waals surface area contributed by atoms with E-state index in [-0.39, 0.29) is 0 Å². The summed E-state index contributed by atoms with van der Waals surface area (Å²) in [5, 5.41) is -1.79. The lowest BCUT2D eigenvalue weighted by atomic mass is 9.69. The number of rotatable bonds is 1. The predicted molar refractivity (Wildman–Crippen MR) is 57.2 cm³/mol. The fourth-order valence-corrected chi connectivity index (χ4v) is 2.26. The molecule has 0 heterocycles. The Bertz CT molecular complexity index is 312. The molecule has 0 spiro atoms. The van der Waals surface area contributed by atoms with Gasteiger partial charge in [0.1, 0.15) is 22.5 Å². The molecule has 0 bridgehead atoms. The summed E-state index contributed by atoms with van der Waals surface area (Å²) in [6, 6.07) is 0. The molecule has 0 amide bonds. The van der Waals surface area contributed by atoms with E-state index in [0.29, 0.717) is 0 Å². The van der Waals surface area contributed by atoms with Gasteiger partial charge in [-0.3, -0.25) is 14.4 Å². The second-order valence-electron chi connectivity index (χ2n) is 4.39. The summed E-state index contributed by atoms with van der Waals surface area (Å²) < 4.78 is 0. The first-order valence-corrected chi connectivity index (χ1v) is 5.44. The summed E-state index contributed by atoms with van der Waals surface area (Å²) in [5.41, 5.74) is -0.816. The van der Waals surface area contributed by atoms with E-state index >= 15 is 0 Å². The van der Waals surface area contributed by atoms with Crippen LogP contribution >= 0.6 is 23.2 Å². The fraction of sp³-hybridized carbons (Fsp3) is 0.700. The lowest BCUT2D eigenvalue weighted by Gasteiger charge is -2.39. The molecule has 0 saturated heterocycles. The van der Waals surface area contributed by atoms with Crippen molar-refractivity contribution in [3.8, 4) is 0 Å². The molecule has 0 aromatic rings. The summed E-state index contributed by atoms with van der Waals surface area (Å²) in [7, 11) is 0. The molecular formula is C10H12Cl2O3. The van der Waals surface area contributed by atoms with Gasteiger partial charge < -0.3 is 0 Å². The minimum Gasteiger partial charge on any atom is -0.299 e. The molecule has 2 atom stereocenters. The molecule has 0 aromatic carbocycles. The number of carbonyl (C=O) groups is 3. The standard InChI is InChI=1S/C10H12Cl2O3/c1-4(13)5-6(14)8(11)10(2,3)9(12)7(5)15/h5,8-9H,1-3H3. The van der Waals surface area contributed by atoms with Gasteiger partial charge in [-0.1, -0.05) is 13.8 Å². The molecule has 3 nitrogen and oxygen atoms in total. The quantitative estimate of drug-likeness (QED) is 0.525. The van der Waals surface area contributed by atoms with Crippen molar-refractivity contribution >= 4 is 40.6 Å². The van der Waals surface area contributed by atoms with Crippen LogP contribution in [-0.4, -0.2) is 28.1 Å². The van der Waals surface area contributed by atoms with Crippen LogP contribution in [0.4, 0.5) is 0 Å². The van der Waals surface area contributed by atoms with Gasteiger partial charge in [0.25, 0.3) is 0 Å². The van der Waals surface area contributed by atoms with Gasteiger partial charge in [-0.05, 0) is 6.92 Å². The van der Waals surface area contributed by atoms with Gasteiger partial charge in [-0.25, -0.2) is 0 Å². The van der Waals surface area contributed by atoms with Gasteiger partial charge in [-0.2, -0.15) is 0 Å². The summed E-state index contributed by atoms with van der Waals surface area (Å²) >= 11 is 11.8. The third kappa shape index (κ3) is 1.83. The first-order chi connectivity index (χ1) is 6.71. The zero-order valence-corrected chi connectivity index (χ0v) is 10.2. The van der Waals surface area contributed by atoms with Crippen LogP contribution in [-0.2, 0) is 14.4 Å². The van der Waals surface area contributed by atoms with Gasteiger partial charge in [0.05, 0.1) is 0 Å². The van der Waals surface area contributed by atoms with Gasteiger partial charge in [-0.15, -0.1) is 23.2 Å². The van der Waals surface area contributed by atoms with Crippen molar-refractivity contribution in [3.05, 3.63) is 0 Å². The average molecular weight is 251 g/mol. The van der Waals surface area contributed by atoms with E-state index in [1.807, 2.05) is 0 Å². The zero-order chi connectivity index (χ0) is 12.0. The summed E-state index contributed by atoms with van der Waals surface area (Å²) in [4.78, 5) is 34.6. The van der Waals surface area contributed by atoms with E-state index in [2.05, 4.69) is 0 Å². The van der Waals surface area contributed by atoms with Crippen LogP contribution in [0.3, 0.4) is 0 Å². The van der Waals surface area contributed by atoms with Crippen molar-refractivity contribution in [2.75, 3.05) is 0 Å². The Kier molecular flexibility index (Phi) is 3.27. The third-order valence-electron chi connectivity index (χ3n) is 2.78. The maximum absolute atomic E-state index is 11.7. The Morgan fingerprint density at radius 1 is 1.13 bits per heavy atom. The van der Waals surface area contributed by atoms with E-state index in [1.54, 1.807) is 13.8 Å². The number of hydrogen-bond donors (Lipinski definition) is 0. The van der Waals surface area contributed by atoms with E-state index in [4.69, 9.17) is 23.2 Å². The fourth-order valence-electron chi connectivity index (χ4n) is 1.70. The second kappa shape index (κ2) is 3.87. The third-order valence-corrected chi connectivity index (χ3v) is 4.34. The Morgan fingerprint density at radius 2 is 1.47 bits per heavy atom. The molecule has 1 rings (SSSR count). The molecule has 0 aromatic heterocycles. The molecule has 5 heteroatoms. The monoisotopic (exact) mass is 250 g/mol. The predicted octanol–water partition coefficient (Wildman–Crippen LogP) is 1.58. The average Bonchev–Trinajstić information content (AvgIpc) is 2.12. The first-order valence-electron chi connectivity index (χ1n) is 4.57. The SMILES string of the molecule is CC(=O)C1C(=O)C(Cl)C(C)(C)C(Cl)C1=O. The Hall–Kier alpha value is -0.410. The van der Waals surface area contributed by atoms with Gasteiger partial charge >= 0.3 is 0 Å². The van der Waals surface area contributed by atoms with Crippen LogP contribution in [0, 0.1) is 11.3 Å². The maximum Gasteiger partial charge on any atom is 0.169 e. The minimum absolute atomic E-state index is 0.489. The van der Waals surface area contributed by atoms with E-state index in [1.165, 1.54) is 6.92 Å². The summed E-state index contributed by atoms with van der Waals surface area (Å²) in [6.45, 7) is 4.50. The maximum atomic E-state index is 11.7. The van der Waals surface area contributed by atoms with E-state index in [9.17, 15) is 14.4 Å². The van der Waals surface area contributed by atoms with Crippen molar-refractivity contribution in [1.29, 1.82) is 0 Å². The number of halogens is 2. The smallest absolute Gasteiger partial charge is 0.169 e. The van der Waals surface area contributed by atoms with Crippen LogP contribution in [0.15, 0.2) is 0 Å². The van der Waals surface area contributed by atoms with E-state index in [0.717, 1.165) is 0 Å².